The first-order valence-corrected chi connectivity index (χ1v) is 10.2. The Hall–Kier alpha value is -1.41. The average Bonchev–Trinajstić information content (AvgIpc) is 3.41. The number of hydrogen-bond acceptors (Lipinski definition) is 2. The molecule has 2 nitrogen and oxygen atoms in total. The van der Waals surface area contributed by atoms with Crippen LogP contribution in [0.1, 0.15) is 71.1 Å². The van der Waals surface area contributed by atoms with Gasteiger partial charge in [0.05, 0.1) is 6.54 Å². The van der Waals surface area contributed by atoms with Crippen LogP contribution in [-0.2, 0) is 4.79 Å². The quantitative estimate of drug-likeness (QED) is 0.194. The molecule has 0 unspecified atom stereocenters. The molecular weight excluding hydrogens is 306 g/mol. The van der Waals surface area contributed by atoms with Gasteiger partial charge in [0.25, 0.3) is 0 Å². The predicted octanol–water partition coefficient (Wildman–Crippen LogP) is 6.02. The highest BCUT2D eigenvalue weighted by Gasteiger charge is 2.19. The standard InChI is InChI=1S/C23H37NO/c1-2-3-4-5-6-7-8-9-10-11-12-13-14-15-16-17-18-19-23(25)22-24-20-21-24/h6-7,9-10,12-13,15-16H,2-5,8,11,14,17-22H2,1H3/b7-6+,10-9+,13-12+,16-15+. The van der Waals surface area contributed by atoms with Crippen molar-refractivity contribution in [1.82, 2.24) is 4.90 Å². The number of nitrogens with zero attached hydrogens (tertiary/aromatic N) is 1. The number of rotatable bonds is 16. The monoisotopic (exact) mass is 343 g/mol. The first-order chi connectivity index (χ1) is 12.3. The minimum absolute atomic E-state index is 0.397. The Bertz CT molecular complexity index is 441. The maximum absolute atomic E-state index is 11.6. The predicted molar refractivity (Wildman–Crippen MR) is 110 cm³/mol. The molecule has 2 heteroatoms. The highest BCUT2D eigenvalue weighted by atomic mass is 16.1. The van der Waals surface area contributed by atoms with Gasteiger partial charge in [0.15, 0.2) is 0 Å². The molecule has 0 spiro atoms. The number of unbranched alkanes of at least 4 members (excludes halogenated alkanes) is 4. The molecule has 1 aliphatic rings. The molecule has 0 aromatic heterocycles. The molecule has 1 heterocycles. The summed E-state index contributed by atoms with van der Waals surface area (Å²) in [6.07, 6.45) is 28.9. The third kappa shape index (κ3) is 15.8. The lowest BCUT2D eigenvalue weighted by Gasteiger charge is -1.98. The molecule has 0 N–H and O–H groups in total. The SMILES string of the molecule is CCCCC/C=C/C/C=C/C/C=C/C/C=C/CCCC(=O)CN1CC1. The summed E-state index contributed by atoms with van der Waals surface area (Å²) in [5, 5.41) is 0. The number of hydrogen-bond donors (Lipinski definition) is 0. The topological polar surface area (TPSA) is 20.1 Å². The number of allylic oxidation sites excluding steroid dienone is 8. The van der Waals surface area contributed by atoms with Crippen molar-refractivity contribution >= 4 is 5.78 Å². The summed E-state index contributed by atoms with van der Waals surface area (Å²) in [6, 6.07) is 0. The second kappa shape index (κ2) is 16.1. The maximum Gasteiger partial charge on any atom is 0.146 e. The van der Waals surface area contributed by atoms with Crippen LogP contribution in [0.3, 0.4) is 0 Å². The van der Waals surface area contributed by atoms with Crippen molar-refractivity contribution in [2.24, 2.45) is 0 Å². The Balaban J connectivity index is 1.86. The Morgan fingerprint density at radius 2 is 1.28 bits per heavy atom. The van der Waals surface area contributed by atoms with Crippen LogP contribution in [0, 0.1) is 0 Å². The van der Waals surface area contributed by atoms with Gasteiger partial charge in [0.1, 0.15) is 5.78 Å². The van der Waals surface area contributed by atoms with Gasteiger partial charge in [-0.15, -0.1) is 0 Å². The normalized spacial score (nSPS) is 15.4. The van der Waals surface area contributed by atoms with Crippen LogP contribution in [0.25, 0.3) is 0 Å². The Morgan fingerprint density at radius 1 is 0.760 bits per heavy atom. The summed E-state index contributed by atoms with van der Waals surface area (Å²) >= 11 is 0. The van der Waals surface area contributed by atoms with Crippen molar-refractivity contribution < 1.29 is 4.79 Å². The third-order valence-corrected chi connectivity index (χ3v) is 4.22. The van der Waals surface area contributed by atoms with E-state index in [1.807, 2.05) is 0 Å². The van der Waals surface area contributed by atoms with Crippen molar-refractivity contribution in [3.05, 3.63) is 48.6 Å². The molecule has 0 atom stereocenters. The van der Waals surface area contributed by atoms with E-state index in [2.05, 4.69) is 60.4 Å². The zero-order valence-electron chi connectivity index (χ0n) is 16.2. The zero-order chi connectivity index (χ0) is 18.0. The molecule has 0 aromatic carbocycles. The number of ketones is 1. The molecule has 0 saturated carbocycles. The van der Waals surface area contributed by atoms with E-state index >= 15 is 0 Å². The number of carbonyl (C=O) groups is 1. The summed E-state index contributed by atoms with van der Waals surface area (Å²) in [5.41, 5.74) is 0. The Labute approximate surface area is 155 Å². The van der Waals surface area contributed by atoms with Gasteiger partial charge < -0.3 is 0 Å². The fourth-order valence-corrected chi connectivity index (χ4v) is 2.54. The van der Waals surface area contributed by atoms with Crippen molar-refractivity contribution in [1.29, 1.82) is 0 Å². The van der Waals surface area contributed by atoms with Crippen LogP contribution in [0.15, 0.2) is 48.6 Å². The van der Waals surface area contributed by atoms with Gasteiger partial charge >= 0.3 is 0 Å². The van der Waals surface area contributed by atoms with E-state index < -0.39 is 0 Å². The largest absolute Gasteiger partial charge is 0.298 e. The first kappa shape index (κ1) is 21.6. The van der Waals surface area contributed by atoms with Crippen LogP contribution >= 0.6 is 0 Å². The van der Waals surface area contributed by atoms with Crippen LogP contribution in [0.4, 0.5) is 0 Å². The van der Waals surface area contributed by atoms with Crippen LogP contribution < -0.4 is 0 Å². The van der Waals surface area contributed by atoms with Gasteiger partial charge in [-0.25, -0.2) is 0 Å². The molecule has 1 aliphatic heterocycles. The van der Waals surface area contributed by atoms with Crippen molar-refractivity contribution in [3.63, 3.8) is 0 Å². The third-order valence-electron chi connectivity index (χ3n) is 4.22. The molecular formula is C23H37NO. The summed E-state index contributed by atoms with van der Waals surface area (Å²) in [7, 11) is 0. The van der Waals surface area contributed by atoms with Gasteiger partial charge in [0.2, 0.25) is 0 Å². The molecule has 140 valence electrons. The summed E-state index contributed by atoms with van der Waals surface area (Å²) < 4.78 is 0. The van der Waals surface area contributed by atoms with Gasteiger partial charge in [0, 0.05) is 19.5 Å². The second-order valence-corrected chi connectivity index (χ2v) is 6.80. The molecule has 0 radical (unpaired) electrons. The van der Waals surface area contributed by atoms with E-state index in [-0.39, 0.29) is 0 Å². The minimum atomic E-state index is 0.397. The number of carbonyl (C=O) groups excluding carboxylic acids is 1. The molecule has 0 amide bonds. The molecule has 0 aliphatic carbocycles. The van der Waals surface area contributed by atoms with Gasteiger partial charge in [-0.2, -0.15) is 0 Å². The van der Waals surface area contributed by atoms with Gasteiger partial charge in [-0.05, 0) is 44.9 Å². The molecule has 1 fully saturated rings. The summed E-state index contributed by atoms with van der Waals surface area (Å²) in [6.45, 7) is 5.15. The lowest BCUT2D eigenvalue weighted by Crippen LogP contribution is -2.12. The molecule has 25 heavy (non-hydrogen) atoms. The van der Waals surface area contributed by atoms with Crippen molar-refractivity contribution in [3.8, 4) is 0 Å². The molecule has 0 aromatic rings. The maximum atomic E-state index is 11.6. The van der Waals surface area contributed by atoms with Crippen LogP contribution in [0.5, 0.6) is 0 Å². The fourth-order valence-electron chi connectivity index (χ4n) is 2.54. The lowest BCUT2D eigenvalue weighted by atomic mass is 10.1. The minimum Gasteiger partial charge on any atom is -0.298 e. The first-order valence-electron chi connectivity index (χ1n) is 10.2. The summed E-state index contributed by atoms with van der Waals surface area (Å²) in [4.78, 5) is 13.7. The van der Waals surface area contributed by atoms with E-state index in [4.69, 9.17) is 0 Å². The van der Waals surface area contributed by atoms with E-state index in [0.717, 1.165) is 51.6 Å². The van der Waals surface area contributed by atoms with E-state index in [0.29, 0.717) is 12.3 Å². The van der Waals surface area contributed by atoms with Gasteiger partial charge in [-0.3, -0.25) is 9.69 Å². The van der Waals surface area contributed by atoms with E-state index in [9.17, 15) is 4.79 Å². The fraction of sp³-hybridized carbons (Fsp3) is 0.609. The van der Waals surface area contributed by atoms with Crippen LogP contribution in [0.2, 0.25) is 0 Å². The Morgan fingerprint density at radius 3 is 1.80 bits per heavy atom. The molecule has 0 bridgehead atoms. The lowest BCUT2D eigenvalue weighted by molar-refractivity contribution is -0.119. The van der Waals surface area contributed by atoms with E-state index in [1.54, 1.807) is 0 Å². The number of Topliss-reactive ketones (excluding diaryl/α,β-unsaturated/α-hetero) is 1. The molecule has 1 saturated heterocycles. The molecule has 1 rings (SSSR count). The van der Waals surface area contributed by atoms with Gasteiger partial charge in [-0.1, -0.05) is 68.4 Å². The Kier molecular flexibility index (Phi) is 13.9. The van der Waals surface area contributed by atoms with Crippen molar-refractivity contribution in [2.45, 2.75) is 71.1 Å². The summed E-state index contributed by atoms with van der Waals surface area (Å²) in [5.74, 6) is 0.397. The second-order valence-electron chi connectivity index (χ2n) is 6.80. The highest BCUT2D eigenvalue weighted by molar-refractivity contribution is 5.80. The smallest absolute Gasteiger partial charge is 0.146 e. The van der Waals surface area contributed by atoms with Crippen molar-refractivity contribution in [2.75, 3.05) is 19.6 Å². The average molecular weight is 344 g/mol. The highest BCUT2D eigenvalue weighted by Crippen LogP contribution is 2.06. The van der Waals surface area contributed by atoms with Crippen LogP contribution in [-0.4, -0.2) is 30.3 Å². The van der Waals surface area contributed by atoms with E-state index in [1.165, 1.54) is 25.7 Å². The zero-order valence-corrected chi connectivity index (χ0v) is 16.2.